The Labute approximate surface area is 158 Å². The highest BCUT2D eigenvalue weighted by Crippen LogP contribution is 2.31. The van der Waals surface area contributed by atoms with Gasteiger partial charge in [-0.2, -0.15) is 5.26 Å². The fraction of sp³-hybridized carbons (Fsp3) is 0.381. The van der Waals surface area contributed by atoms with Gasteiger partial charge in [0.1, 0.15) is 11.9 Å². The minimum atomic E-state index is -0.126. The van der Waals surface area contributed by atoms with Crippen molar-refractivity contribution in [2.45, 2.75) is 26.7 Å². The van der Waals surface area contributed by atoms with Gasteiger partial charge in [0, 0.05) is 13.1 Å². The Bertz CT molecular complexity index is 1060. The van der Waals surface area contributed by atoms with Gasteiger partial charge in [0.25, 0.3) is 0 Å². The molecule has 0 bridgehead atoms. The van der Waals surface area contributed by atoms with E-state index in [0.717, 1.165) is 41.8 Å². The van der Waals surface area contributed by atoms with E-state index in [-0.39, 0.29) is 11.9 Å². The maximum absolute atomic E-state index is 12.3. The van der Waals surface area contributed by atoms with Gasteiger partial charge in [0.05, 0.1) is 29.1 Å². The Kier molecular flexibility index (Phi) is 4.44. The number of carbonyl (C=O) groups excluding carboxylic acids is 1. The Hall–Kier alpha value is -3.07. The first-order valence-corrected chi connectivity index (χ1v) is 9.36. The Balaban J connectivity index is 1.86. The number of nitrogens with zero attached hydrogens (tertiary/aromatic N) is 4. The Morgan fingerprint density at radius 3 is 3.00 bits per heavy atom. The van der Waals surface area contributed by atoms with E-state index in [2.05, 4.69) is 15.4 Å². The van der Waals surface area contributed by atoms with E-state index in [9.17, 15) is 10.1 Å². The second-order valence-electron chi connectivity index (χ2n) is 6.97. The fourth-order valence-electron chi connectivity index (χ4n) is 3.94. The summed E-state index contributed by atoms with van der Waals surface area (Å²) in [6, 6.07) is 12.2. The van der Waals surface area contributed by atoms with Crippen LogP contribution in [0.2, 0.25) is 0 Å². The molecule has 0 radical (unpaired) electrons. The molecule has 0 spiro atoms. The summed E-state index contributed by atoms with van der Waals surface area (Å²) >= 11 is 0. The number of aryl methyl sites for hydroxylation is 1. The number of imidazole rings is 1. The standard InChI is InChI=1S/C21H22N4O2/c1-3-27-21(26)15-7-6-10-24(13-15)19-11-14(2)16(12-22)20-23-17-8-4-5-9-18(17)25(19)20/h4-5,8-9,11,15H,3,6-7,10,13H2,1-2H3. The summed E-state index contributed by atoms with van der Waals surface area (Å²) in [6.45, 7) is 5.66. The summed E-state index contributed by atoms with van der Waals surface area (Å²) in [7, 11) is 0. The van der Waals surface area contributed by atoms with Gasteiger partial charge >= 0.3 is 5.97 Å². The summed E-state index contributed by atoms with van der Waals surface area (Å²) in [5.74, 6) is 0.725. The van der Waals surface area contributed by atoms with E-state index in [1.54, 1.807) is 0 Å². The van der Waals surface area contributed by atoms with Crippen molar-refractivity contribution < 1.29 is 9.53 Å². The predicted molar refractivity (Wildman–Crippen MR) is 104 cm³/mol. The van der Waals surface area contributed by atoms with Gasteiger partial charge in [-0.3, -0.25) is 9.20 Å². The number of anilines is 1. The quantitative estimate of drug-likeness (QED) is 0.668. The number of fused-ring (bicyclic) bond motifs is 3. The molecule has 0 saturated carbocycles. The molecule has 6 nitrogen and oxygen atoms in total. The van der Waals surface area contributed by atoms with E-state index in [1.807, 2.05) is 44.2 Å². The first-order chi connectivity index (χ1) is 13.1. The molecule has 0 N–H and O–H groups in total. The zero-order valence-electron chi connectivity index (χ0n) is 15.6. The third-order valence-corrected chi connectivity index (χ3v) is 5.23. The number of para-hydroxylation sites is 2. The van der Waals surface area contributed by atoms with Crippen molar-refractivity contribution in [3.05, 3.63) is 41.5 Å². The molecule has 138 valence electrons. The first-order valence-electron chi connectivity index (χ1n) is 9.36. The van der Waals surface area contributed by atoms with Crippen molar-refractivity contribution in [1.29, 1.82) is 5.26 Å². The summed E-state index contributed by atoms with van der Waals surface area (Å²) in [6.07, 6.45) is 1.77. The number of benzene rings is 1. The third kappa shape index (κ3) is 2.89. The molecule has 0 aliphatic carbocycles. The topological polar surface area (TPSA) is 70.6 Å². The van der Waals surface area contributed by atoms with Crippen molar-refractivity contribution in [3.63, 3.8) is 0 Å². The first kappa shape index (κ1) is 17.3. The van der Waals surface area contributed by atoms with E-state index in [4.69, 9.17) is 9.72 Å². The second-order valence-corrected chi connectivity index (χ2v) is 6.97. The summed E-state index contributed by atoms with van der Waals surface area (Å²) in [4.78, 5) is 19.2. The highest BCUT2D eigenvalue weighted by molar-refractivity contribution is 5.85. The van der Waals surface area contributed by atoms with Gasteiger partial charge in [-0.25, -0.2) is 4.98 Å². The molecule has 3 aromatic rings. The number of piperidine rings is 1. The number of pyridine rings is 1. The monoisotopic (exact) mass is 362 g/mol. The lowest BCUT2D eigenvalue weighted by molar-refractivity contribution is -0.148. The van der Waals surface area contributed by atoms with Gasteiger partial charge in [-0.05, 0) is 50.5 Å². The minimum absolute atomic E-state index is 0.125. The maximum Gasteiger partial charge on any atom is 0.310 e. The number of aromatic nitrogens is 2. The molecule has 1 aliphatic heterocycles. The predicted octanol–water partition coefficient (Wildman–Crippen LogP) is 3.45. The van der Waals surface area contributed by atoms with Crippen LogP contribution < -0.4 is 4.90 Å². The molecule has 3 heterocycles. The van der Waals surface area contributed by atoms with Crippen LogP contribution in [0.5, 0.6) is 0 Å². The average molecular weight is 362 g/mol. The van der Waals surface area contributed by atoms with Crippen LogP contribution in [0.25, 0.3) is 16.7 Å². The van der Waals surface area contributed by atoms with Crippen LogP contribution in [0.15, 0.2) is 30.3 Å². The SMILES string of the molecule is CCOC(=O)C1CCCN(c2cc(C)c(C#N)c3nc4ccccc4n23)C1. The molecule has 1 aromatic carbocycles. The molecular weight excluding hydrogens is 340 g/mol. The van der Waals surface area contributed by atoms with Crippen LogP contribution in [0, 0.1) is 24.2 Å². The van der Waals surface area contributed by atoms with Crippen LogP contribution in [0.3, 0.4) is 0 Å². The maximum atomic E-state index is 12.3. The Morgan fingerprint density at radius 1 is 1.41 bits per heavy atom. The number of hydrogen-bond donors (Lipinski definition) is 0. The number of carbonyl (C=O) groups is 1. The van der Waals surface area contributed by atoms with Crippen molar-refractivity contribution in [2.24, 2.45) is 5.92 Å². The number of nitriles is 1. The van der Waals surface area contributed by atoms with Gasteiger partial charge < -0.3 is 9.64 Å². The van der Waals surface area contributed by atoms with Crippen LogP contribution in [-0.4, -0.2) is 35.1 Å². The third-order valence-electron chi connectivity index (χ3n) is 5.23. The summed E-state index contributed by atoms with van der Waals surface area (Å²) in [5, 5.41) is 9.64. The highest BCUT2D eigenvalue weighted by Gasteiger charge is 2.29. The van der Waals surface area contributed by atoms with Crippen molar-refractivity contribution in [1.82, 2.24) is 9.38 Å². The van der Waals surface area contributed by atoms with Crippen molar-refractivity contribution in [3.8, 4) is 6.07 Å². The summed E-state index contributed by atoms with van der Waals surface area (Å²) in [5.41, 5.74) is 3.99. The molecule has 0 amide bonds. The largest absolute Gasteiger partial charge is 0.466 e. The average Bonchev–Trinajstić information content (AvgIpc) is 3.07. The van der Waals surface area contributed by atoms with E-state index < -0.39 is 0 Å². The van der Waals surface area contributed by atoms with Crippen LogP contribution in [-0.2, 0) is 9.53 Å². The highest BCUT2D eigenvalue weighted by atomic mass is 16.5. The molecule has 1 saturated heterocycles. The lowest BCUT2D eigenvalue weighted by atomic mass is 9.98. The molecule has 1 unspecified atom stereocenters. The Morgan fingerprint density at radius 2 is 2.22 bits per heavy atom. The smallest absolute Gasteiger partial charge is 0.310 e. The molecule has 1 fully saturated rings. The fourth-order valence-corrected chi connectivity index (χ4v) is 3.94. The van der Waals surface area contributed by atoms with E-state index in [1.165, 1.54) is 0 Å². The van der Waals surface area contributed by atoms with Crippen LogP contribution in [0.4, 0.5) is 5.82 Å². The molecular formula is C21H22N4O2. The molecule has 6 heteroatoms. The van der Waals surface area contributed by atoms with E-state index in [0.29, 0.717) is 24.4 Å². The second kappa shape index (κ2) is 6.92. The van der Waals surface area contributed by atoms with Gasteiger partial charge in [0.15, 0.2) is 5.65 Å². The normalized spacial score (nSPS) is 17.2. The van der Waals surface area contributed by atoms with Crippen LogP contribution >= 0.6 is 0 Å². The molecule has 1 atom stereocenters. The minimum Gasteiger partial charge on any atom is -0.466 e. The van der Waals surface area contributed by atoms with E-state index >= 15 is 0 Å². The zero-order chi connectivity index (χ0) is 19.0. The van der Waals surface area contributed by atoms with Gasteiger partial charge in [-0.1, -0.05) is 12.1 Å². The summed E-state index contributed by atoms with van der Waals surface area (Å²) < 4.78 is 7.29. The van der Waals surface area contributed by atoms with Gasteiger partial charge in [-0.15, -0.1) is 0 Å². The van der Waals surface area contributed by atoms with Crippen molar-refractivity contribution in [2.75, 3.05) is 24.6 Å². The molecule has 2 aromatic heterocycles. The molecule has 4 rings (SSSR count). The molecule has 1 aliphatic rings. The lowest BCUT2D eigenvalue weighted by Crippen LogP contribution is -2.40. The number of ether oxygens (including phenoxy) is 1. The van der Waals surface area contributed by atoms with Gasteiger partial charge in [0.2, 0.25) is 0 Å². The zero-order valence-corrected chi connectivity index (χ0v) is 15.6. The van der Waals surface area contributed by atoms with Crippen molar-refractivity contribution >= 4 is 28.5 Å². The van der Waals surface area contributed by atoms with Crippen LogP contribution in [0.1, 0.15) is 30.9 Å². The molecule has 27 heavy (non-hydrogen) atoms. The number of esters is 1. The lowest BCUT2D eigenvalue weighted by Gasteiger charge is -2.34. The number of rotatable bonds is 3. The number of hydrogen-bond acceptors (Lipinski definition) is 5.